The summed E-state index contributed by atoms with van der Waals surface area (Å²) < 4.78 is 7.55. The Morgan fingerprint density at radius 2 is 2.09 bits per heavy atom. The Labute approximate surface area is 132 Å². The van der Waals surface area contributed by atoms with Gasteiger partial charge in [-0.3, -0.25) is 14.2 Å². The van der Waals surface area contributed by atoms with Gasteiger partial charge in [0, 0.05) is 26.5 Å². The van der Waals surface area contributed by atoms with Crippen LogP contribution in [0.15, 0.2) is 34.1 Å². The molecule has 0 aliphatic heterocycles. The quantitative estimate of drug-likeness (QED) is 0.867. The first-order valence-electron chi connectivity index (χ1n) is 7.11. The molecular weight excluding hydrogens is 300 g/mol. The molecule has 1 amide bonds. The van der Waals surface area contributed by atoms with Crippen molar-refractivity contribution in [1.82, 2.24) is 14.1 Å². The highest BCUT2D eigenvalue weighted by Crippen LogP contribution is 2.21. The minimum atomic E-state index is -0.669. The van der Waals surface area contributed by atoms with Gasteiger partial charge in [0.25, 0.3) is 11.5 Å². The molecule has 1 N–H and O–H groups in total. The van der Waals surface area contributed by atoms with Gasteiger partial charge in [0.1, 0.15) is 5.56 Å². The van der Waals surface area contributed by atoms with Crippen LogP contribution < -0.4 is 21.3 Å². The second-order valence-electron chi connectivity index (χ2n) is 4.95. The number of pyridine rings is 1. The van der Waals surface area contributed by atoms with Gasteiger partial charge in [0.05, 0.1) is 6.61 Å². The maximum absolute atomic E-state index is 12.3. The number of carbonyl (C=O) groups excluding carboxylic acids is 1. The van der Waals surface area contributed by atoms with E-state index >= 15 is 0 Å². The smallest absolute Gasteiger partial charge is 0.330 e. The Kier molecular flexibility index (Phi) is 4.95. The van der Waals surface area contributed by atoms with Gasteiger partial charge in [-0.1, -0.05) is 6.92 Å². The average molecular weight is 318 g/mol. The van der Waals surface area contributed by atoms with Crippen molar-refractivity contribution in [1.29, 1.82) is 0 Å². The molecule has 0 saturated carbocycles. The van der Waals surface area contributed by atoms with Crippen LogP contribution in [-0.4, -0.2) is 26.6 Å². The molecule has 0 bridgehead atoms. The number of aryl methyl sites for hydroxylation is 1. The van der Waals surface area contributed by atoms with Crippen LogP contribution in [-0.2, 0) is 14.1 Å². The predicted molar refractivity (Wildman–Crippen MR) is 84.9 cm³/mol. The highest BCUT2D eigenvalue weighted by Gasteiger charge is 2.17. The van der Waals surface area contributed by atoms with Crippen LogP contribution in [0.25, 0.3) is 0 Å². The van der Waals surface area contributed by atoms with Gasteiger partial charge < -0.3 is 14.6 Å². The van der Waals surface area contributed by atoms with E-state index in [0.29, 0.717) is 12.4 Å². The van der Waals surface area contributed by atoms with E-state index in [9.17, 15) is 14.4 Å². The van der Waals surface area contributed by atoms with Crippen molar-refractivity contribution in [3.63, 3.8) is 0 Å². The Bertz CT molecular complexity index is 838. The van der Waals surface area contributed by atoms with Gasteiger partial charge >= 0.3 is 5.69 Å². The number of anilines is 1. The molecular formula is C15H18N4O4. The number of hydrogen-bond donors (Lipinski definition) is 1. The largest absolute Gasteiger partial charge is 0.490 e. The summed E-state index contributed by atoms with van der Waals surface area (Å²) in [5, 5.41) is 2.55. The Morgan fingerprint density at radius 3 is 2.78 bits per heavy atom. The highest BCUT2D eigenvalue weighted by atomic mass is 16.5. The summed E-state index contributed by atoms with van der Waals surface area (Å²) >= 11 is 0. The summed E-state index contributed by atoms with van der Waals surface area (Å²) in [6.07, 6.45) is 3.52. The minimum Gasteiger partial charge on any atom is -0.490 e. The molecule has 23 heavy (non-hydrogen) atoms. The third-order valence-corrected chi connectivity index (χ3v) is 3.16. The highest BCUT2D eigenvalue weighted by molar-refractivity contribution is 6.03. The van der Waals surface area contributed by atoms with E-state index in [4.69, 9.17) is 4.74 Å². The van der Waals surface area contributed by atoms with Crippen molar-refractivity contribution in [2.24, 2.45) is 14.1 Å². The molecule has 0 aliphatic carbocycles. The molecule has 2 rings (SSSR count). The summed E-state index contributed by atoms with van der Waals surface area (Å²) in [6.45, 7) is 2.44. The van der Waals surface area contributed by atoms with E-state index in [1.165, 1.54) is 31.1 Å². The van der Waals surface area contributed by atoms with Crippen molar-refractivity contribution in [2.75, 3.05) is 11.9 Å². The summed E-state index contributed by atoms with van der Waals surface area (Å²) in [5.41, 5.74) is -1.32. The standard InChI is InChI=1S/C15H18N4O4/c1-4-8-23-11-6-5-7-16-12(11)17-13(20)10-9-18(2)15(22)19(3)14(10)21/h5-7,9H,4,8H2,1-3H3,(H,16,17,20). The molecule has 122 valence electrons. The van der Waals surface area contributed by atoms with Crippen LogP contribution in [0.3, 0.4) is 0 Å². The average Bonchev–Trinajstić information content (AvgIpc) is 2.55. The van der Waals surface area contributed by atoms with E-state index in [2.05, 4.69) is 10.3 Å². The molecule has 0 aromatic carbocycles. The Morgan fingerprint density at radius 1 is 1.35 bits per heavy atom. The monoisotopic (exact) mass is 318 g/mol. The SMILES string of the molecule is CCCOc1cccnc1NC(=O)c1cn(C)c(=O)n(C)c1=O. The Balaban J connectivity index is 2.34. The third kappa shape index (κ3) is 3.47. The van der Waals surface area contributed by atoms with Gasteiger partial charge in [-0.15, -0.1) is 0 Å². The van der Waals surface area contributed by atoms with Crippen LogP contribution >= 0.6 is 0 Å². The van der Waals surface area contributed by atoms with Crippen LogP contribution in [0, 0.1) is 0 Å². The molecule has 8 nitrogen and oxygen atoms in total. The lowest BCUT2D eigenvalue weighted by atomic mass is 10.3. The number of ether oxygens (including phenoxy) is 1. The molecule has 2 aromatic heterocycles. The lowest BCUT2D eigenvalue weighted by molar-refractivity contribution is 0.102. The summed E-state index contributed by atoms with van der Waals surface area (Å²) in [6, 6.07) is 3.36. The molecule has 0 saturated heterocycles. The second kappa shape index (κ2) is 6.91. The predicted octanol–water partition coefficient (Wildman–Crippen LogP) is 0.520. The number of aromatic nitrogens is 3. The van der Waals surface area contributed by atoms with E-state index in [-0.39, 0.29) is 11.4 Å². The van der Waals surface area contributed by atoms with Crippen LogP contribution in [0.1, 0.15) is 23.7 Å². The summed E-state index contributed by atoms with van der Waals surface area (Å²) in [7, 11) is 2.78. The Hall–Kier alpha value is -2.90. The first-order chi connectivity index (χ1) is 11.0. The number of amides is 1. The third-order valence-electron chi connectivity index (χ3n) is 3.16. The van der Waals surface area contributed by atoms with Crippen LogP contribution in [0.2, 0.25) is 0 Å². The zero-order chi connectivity index (χ0) is 17.0. The zero-order valence-corrected chi connectivity index (χ0v) is 13.2. The number of carbonyl (C=O) groups is 1. The van der Waals surface area contributed by atoms with E-state index in [0.717, 1.165) is 11.0 Å². The zero-order valence-electron chi connectivity index (χ0n) is 13.2. The fourth-order valence-corrected chi connectivity index (χ4v) is 1.95. The van der Waals surface area contributed by atoms with E-state index < -0.39 is 17.2 Å². The molecule has 0 spiro atoms. The van der Waals surface area contributed by atoms with E-state index in [1.807, 2.05) is 6.92 Å². The summed E-state index contributed by atoms with van der Waals surface area (Å²) in [4.78, 5) is 40.1. The molecule has 0 aliphatic rings. The molecule has 0 atom stereocenters. The van der Waals surface area contributed by atoms with Gasteiger partial charge in [0.2, 0.25) is 0 Å². The number of rotatable bonds is 5. The number of nitrogens with one attached hydrogen (secondary N) is 1. The van der Waals surface area contributed by atoms with Gasteiger partial charge in [-0.25, -0.2) is 9.78 Å². The van der Waals surface area contributed by atoms with Crippen LogP contribution in [0.5, 0.6) is 5.75 Å². The van der Waals surface area contributed by atoms with Crippen molar-refractivity contribution in [3.05, 3.63) is 50.9 Å². The lowest BCUT2D eigenvalue weighted by Gasteiger charge is -2.11. The maximum Gasteiger partial charge on any atom is 0.330 e. The lowest BCUT2D eigenvalue weighted by Crippen LogP contribution is -2.40. The molecule has 0 radical (unpaired) electrons. The fourth-order valence-electron chi connectivity index (χ4n) is 1.95. The first kappa shape index (κ1) is 16.5. The molecule has 0 unspecified atom stereocenters. The first-order valence-corrected chi connectivity index (χ1v) is 7.11. The molecule has 2 aromatic rings. The summed E-state index contributed by atoms with van der Waals surface area (Å²) in [5.74, 6) is -0.00699. The molecule has 2 heterocycles. The van der Waals surface area contributed by atoms with Gasteiger partial charge in [0.15, 0.2) is 11.6 Å². The normalized spacial score (nSPS) is 10.4. The van der Waals surface area contributed by atoms with Gasteiger partial charge in [-0.05, 0) is 18.6 Å². The van der Waals surface area contributed by atoms with Crippen molar-refractivity contribution in [2.45, 2.75) is 13.3 Å². The maximum atomic E-state index is 12.3. The molecule has 0 fully saturated rings. The van der Waals surface area contributed by atoms with Gasteiger partial charge in [-0.2, -0.15) is 0 Å². The number of nitrogens with zero attached hydrogens (tertiary/aromatic N) is 3. The second-order valence-corrected chi connectivity index (χ2v) is 4.95. The molecule has 8 heteroatoms. The van der Waals surface area contributed by atoms with Crippen molar-refractivity contribution >= 4 is 11.7 Å². The number of hydrogen-bond acceptors (Lipinski definition) is 5. The van der Waals surface area contributed by atoms with Crippen LogP contribution in [0.4, 0.5) is 5.82 Å². The van der Waals surface area contributed by atoms with Crippen molar-refractivity contribution < 1.29 is 9.53 Å². The van der Waals surface area contributed by atoms with E-state index in [1.54, 1.807) is 12.1 Å². The fraction of sp³-hybridized carbons (Fsp3) is 0.333. The minimum absolute atomic E-state index is 0.151. The van der Waals surface area contributed by atoms with Crippen molar-refractivity contribution in [3.8, 4) is 5.75 Å². The topological polar surface area (TPSA) is 95.2 Å².